The molecular weight excluding hydrogens is 476 g/mol. The topological polar surface area (TPSA) is 94.6 Å². The SMILES string of the molecule is Cc1ccnc(C)c1C(C(=O)NC1CCCCC1)N(C)c1ccc(C(C)(C)C)cc1.O=CC1CC(O)CN1. The van der Waals surface area contributed by atoms with E-state index in [9.17, 15) is 9.59 Å². The summed E-state index contributed by atoms with van der Waals surface area (Å²) in [6.07, 6.45) is 8.74. The molecule has 7 nitrogen and oxygen atoms in total. The van der Waals surface area contributed by atoms with E-state index in [1.807, 2.05) is 26.2 Å². The Morgan fingerprint density at radius 1 is 1.13 bits per heavy atom. The van der Waals surface area contributed by atoms with Crippen molar-refractivity contribution in [1.29, 1.82) is 0 Å². The zero-order valence-electron chi connectivity index (χ0n) is 24.0. The summed E-state index contributed by atoms with van der Waals surface area (Å²) < 4.78 is 0. The number of aliphatic hydroxyl groups is 1. The lowest BCUT2D eigenvalue weighted by Crippen LogP contribution is -2.44. The van der Waals surface area contributed by atoms with Gasteiger partial charge in [0.05, 0.1) is 12.1 Å². The standard InChI is InChI=1S/C26H37N3O.C5H9NO2/c1-18-16-17-27-19(2)23(18)24(25(30)28-21-10-8-7-9-11-21)29(6)22-14-12-20(13-15-22)26(3,4)5;7-3-4-1-5(8)2-6-4/h12-17,21,24H,7-11H2,1-6H3,(H,28,30);3-6,8H,1-2H2. The van der Waals surface area contributed by atoms with E-state index in [1.165, 1.54) is 24.8 Å². The molecule has 0 spiro atoms. The zero-order valence-corrected chi connectivity index (χ0v) is 24.0. The molecular formula is C31H46N4O3. The van der Waals surface area contributed by atoms with Gasteiger partial charge in [-0.05, 0) is 67.9 Å². The lowest BCUT2D eigenvalue weighted by atomic mass is 9.87. The molecule has 1 amide bonds. The van der Waals surface area contributed by atoms with E-state index >= 15 is 0 Å². The first-order chi connectivity index (χ1) is 18.0. The van der Waals surface area contributed by atoms with Gasteiger partial charge in [-0.1, -0.05) is 52.2 Å². The van der Waals surface area contributed by atoms with Crippen LogP contribution >= 0.6 is 0 Å². The Morgan fingerprint density at radius 3 is 2.29 bits per heavy atom. The fourth-order valence-corrected chi connectivity index (χ4v) is 5.34. The molecule has 4 rings (SSSR count). The van der Waals surface area contributed by atoms with Crippen molar-refractivity contribution in [2.24, 2.45) is 0 Å². The number of pyridine rings is 1. The largest absolute Gasteiger partial charge is 0.392 e. The number of carbonyl (C=O) groups is 2. The number of nitrogens with one attached hydrogen (secondary N) is 2. The molecule has 0 radical (unpaired) electrons. The third-order valence-electron chi connectivity index (χ3n) is 7.71. The van der Waals surface area contributed by atoms with Crippen molar-refractivity contribution in [3.05, 3.63) is 58.9 Å². The maximum Gasteiger partial charge on any atom is 0.247 e. The first-order valence-electron chi connectivity index (χ1n) is 13.9. The molecule has 3 unspecified atom stereocenters. The number of aliphatic hydroxyl groups excluding tert-OH is 1. The van der Waals surface area contributed by atoms with Gasteiger partial charge in [0.1, 0.15) is 12.3 Å². The van der Waals surface area contributed by atoms with E-state index in [2.05, 4.69) is 72.5 Å². The molecule has 1 aliphatic heterocycles. The number of rotatable bonds is 6. The molecule has 7 heteroatoms. The van der Waals surface area contributed by atoms with E-state index in [0.29, 0.717) is 13.0 Å². The highest BCUT2D eigenvalue weighted by atomic mass is 16.3. The lowest BCUT2D eigenvalue weighted by Gasteiger charge is -2.33. The van der Waals surface area contributed by atoms with Crippen LogP contribution in [0.4, 0.5) is 5.69 Å². The van der Waals surface area contributed by atoms with Gasteiger partial charge in [-0.15, -0.1) is 0 Å². The fourth-order valence-electron chi connectivity index (χ4n) is 5.34. The van der Waals surface area contributed by atoms with Crippen LogP contribution in [0.5, 0.6) is 0 Å². The second-order valence-corrected chi connectivity index (χ2v) is 11.8. The number of anilines is 1. The van der Waals surface area contributed by atoms with E-state index < -0.39 is 6.04 Å². The quantitative estimate of drug-likeness (QED) is 0.483. The van der Waals surface area contributed by atoms with Crippen molar-refractivity contribution in [2.45, 2.75) is 103 Å². The van der Waals surface area contributed by atoms with Gasteiger partial charge in [0.15, 0.2) is 0 Å². The van der Waals surface area contributed by atoms with Crippen molar-refractivity contribution in [3.63, 3.8) is 0 Å². The zero-order chi connectivity index (χ0) is 27.9. The van der Waals surface area contributed by atoms with E-state index in [1.54, 1.807) is 0 Å². The van der Waals surface area contributed by atoms with Crippen molar-refractivity contribution in [1.82, 2.24) is 15.6 Å². The maximum absolute atomic E-state index is 13.6. The first kappa shape index (κ1) is 29.8. The van der Waals surface area contributed by atoms with Gasteiger partial charge in [0.25, 0.3) is 0 Å². The lowest BCUT2D eigenvalue weighted by molar-refractivity contribution is -0.123. The summed E-state index contributed by atoms with van der Waals surface area (Å²) >= 11 is 0. The third kappa shape index (κ3) is 7.87. The summed E-state index contributed by atoms with van der Waals surface area (Å²) in [5.74, 6) is 0.0727. The minimum atomic E-state index is -0.402. The smallest absolute Gasteiger partial charge is 0.247 e. The van der Waals surface area contributed by atoms with Gasteiger partial charge >= 0.3 is 0 Å². The summed E-state index contributed by atoms with van der Waals surface area (Å²) in [6.45, 7) is 11.3. The summed E-state index contributed by atoms with van der Waals surface area (Å²) in [7, 11) is 2.02. The molecule has 1 aromatic heterocycles. The van der Waals surface area contributed by atoms with Crippen LogP contribution in [-0.2, 0) is 15.0 Å². The predicted molar refractivity (Wildman–Crippen MR) is 153 cm³/mol. The number of likely N-dealkylation sites (N-methyl/N-ethyl adjacent to an activating group) is 1. The highest BCUT2D eigenvalue weighted by Gasteiger charge is 2.31. The number of hydrogen-bond acceptors (Lipinski definition) is 6. The number of aryl methyl sites for hydroxylation is 2. The number of nitrogens with zero attached hydrogens (tertiary/aromatic N) is 2. The van der Waals surface area contributed by atoms with Crippen LogP contribution in [0.25, 0.3) is 0 Å². The molecule has 2 aromatic rings. The monoisotopic (exact) mass is 522 g/mol. The Bertz CT molecular complexity index is 1040. The van der Waals surface area contributed by atoms with Gasteiger partial charge in [-0.3, -0.25) is 9.78 Å². The number of β-amino-alcohol motifs (C(OH)–C–C–N with tert-alkyl or cyclic N) is 1. The van der Waals surface area contributed by atoms with Crippen LogP contribution < -0.4 is 15.5 Å². The molecule has 208 valence electrons. The van der Waals surface area contributed by atoms with E-state index in [-0.39, 0.29) is 29.5 Å². The molecule has 3 atom stereocenters. The number of aromatic nitrogens is 1. The predicted octanol–water partition coefficient (Wildman–Crippen LogP) is 4.53. The highest BCUT2D eigenvalue weighted by Crippen LogP contribution is 2.32. The average molecular weight is 523 g/mol. The van der Waals surface area contributed by atoms with Crippen LogP contribution in [-0.4, -0.2) is 54.1 Å². The van der Waals surface area contributed by atoms with Crippen LogP contribution in [0.3, 0.4) is 0 Å². The Morgan fingerprint density at radius 2 is 1.79 bits per heavy atom. The molecule has 0 bridgehead atoms. The number of hydrogen-bond donors (Lipinski definition) is 3. The summed E-state index contributed by atoms with van der Waals surface area (Å²) in [5.41, 5.74) is 5.45. The number of amides is 1. The molecule has 3 N–H and O–H groups in total. The molecule has 2 aliphatic rings. The van der Waals surface area contributed by atoms with Crippen LogP contribution in [0, 0.1) is 13.8 Å². The van der Waals surface area contributed by atoms with Crippen LogP contribution in [0.2, 0.25) is 0 Å². The van der Waals surface area contributed by atoms with Crippen molar-refractivity contribution >= 4 is 17.9 Å². The van der Waals surface area contributed by atoms with Gasteiger partial charge < -0.3 is 25.4 Å². The molecule has 1 saturated carbocycles. The van der Waals surface area contributed by atoms with Gasteiger partial charge in [-0.25, -0.2) is 0 Å². The minimum Gasteiger partial charge on any atom is -0.392 e. The maximum atomic E-state index is 13.6. The van der Waals surface area contributed by atoms with Crippen molar-refractivity contribution < 1.29 is 14.7 Å². The van der Waals surface area contributed by atoms with Crippen LogP contribution in [0.1, 0.15) is 87.7 Å². The average Bonchev–Trinajstić information content (AvgIpc) is 3.32. The molecule has 2 fully saturated rings. The van der Waals surface area contributed by atoms with E-state index in [0.717, 1.165) is 41.6 Å². The van der Waals surface area contributed by atoms with Gasteiger partial charge in [0, 0.05) is 42.8 Å². The molecule has 1 aromatic carbocycles. The molecule has 1 saturated heterocycles. The summed E-state index contributed by atoms with van der Waals surface area (Å²) in [4.78, 5) is 30.2. The van der Waals surface area contributed by atoms with Gasteiger partial charge in [-0.2, -0.15) is 0 Å². The summed E-state index contributed by atoms with van der Waals surface area (Å²) in [5, 5.41) is 15.0. The minimum absolute atomic E-state index is 0.0727. The normalized spacial score (nSPS) is 20.7. The number of carbonyl (C=O) groups excluding carboxylic acids is 2. The third-order valence-corrected chi connectivity index (χ3v) is 7.71. The number of benzene rings is 1. The summed E-state index contributed by atoms with van der Waals surface area (Å²) in [6, 6.07) is 10.4. The second-order valence-electron chi connectivity index (χ2n) is 11.8. The highest BCUT2D eigenvalue weighted by molar-refractivity contribution is 5.87. The molecule has 1 aliphatic carbocycles. The Hall–Kier alpha value is -2.77. The second kappa shape index (κ2) is 13.3. The van der Waals surface area contributed by atoms with Crippen molar-refractivity contribution in [2.75, 3.05) is 18.5 Å². The molecule has 38 heavy (non-hydrogen) atoms. The first-order valence-corrected chi connectivity index (χ1v) is 13.9. The Labute approximate surface area is 228 Å². The van der Waals surface area contributed by atoms with Gasteiger partial charge in [0.2, 0.25) is 5.91 Å². The fraction of sp³-hybridized carbons (Fsp3) is 0.581. The Kier molecular flexibility index (Phi) is 10.5. The Balaban J connectivity index is 0.000000427. The number of aldehydes is 1. The van der Waals surface area contributed by atoms with Crippen LogP contribution in [0.15, 0.2) is 36.5 Å². The van der Waals surface area contributed by atoms with Crippen molar-refractivity contribution in [3.8, 4) is 0 Å². The molecule has 2 heterocycles. The van der Waals surface area contributed by atoms with E-state index in [4.69, 9.17) is 5.11 Å².